The average Bonchev–Trinajstić information content (AvgIpc) is 3.80. The predicted octanol–water partition coefficient (Wildman–Crippen LogP) is 14.5. The van der Waals surface area contributed by atoms with Crippen LogP contribution < -0.4 is 13.9 Å². The van der Waals surface area contributed by atoms with Gasteiger partial charge < -0.3 is 4.74 Å². The van der Waals surface area contributed by atoms with Crippen molar-refractivity contribution < 1.29 is 10.2 Å². The third kappa shape index (κ3) is 7.15. The van der Waals surface area contributed by atoms with E-state index in [9.17, 15) is 2.74 Å². The molecule has 0 unspecified atom stereocenters. The molecule has 5 aromatic carbocycles. The Morgan fingerprint density at radius 1 is 0.721 bits per heavy atom. The molecule has 61 heavy (non-hydrogen) atoms. The zero-order valence-electron chi connectivity index (χ0n) is 41.0. The summed E-state index contributed by atoms with van der Waals surface area (Å²) in [5.41, 5.74) is 12.3. The molecule has 1 aliphatic rings. The van der Waals surface area contributed by atoms with Gasteiger partial charge in [-0.1, -0.05) is 103 Å². The Bertz CT molecular complexity index is 3340. The summed E-state index contributed by atoms with van der Waals surface area (Å²) in [6.07, 6.45) is 5.56. The number of rotatable bonds is 7. The first-order valence-corrected chi connectivity index (χ1v) is 21.1. The summed E-state index contributed by atoms with van der Waals surface area (Å²) < 4.78 is 49.3. The number of pyridine rings is 2. The van der Waals surface area contributed by atoms with Crippen LogP contribution in [0.3, 0.4) is 0 Å². The second kappa shape index (κ2) is 14.8. The highest BCUT2D eigenvalue weighted by Crippen LogP contribution is 2.45. The van der Waals surface area contributed by atoms with Crippen LogP contribution >= 0.6 is 0 Å². The maximum Gasteiger partial charge on any atom is 0.503 e. The molecule has 0 N–H and O–H groups in total. The van der Waals surface area contributed by atoms with Gasteiger partial charge in [0.25, 0.3) is 11.4 Å². The number of hydrogen-bond donors (Lipinski definition) is 0. The van der Waals surface area contributed by atoms with Gasteiger partial charge in [0, 0.05) is 58.5 Å². The van der Waals surface area contributed by atoms with Gasteiger partial charge in [0.05, 0.1) is 28.8 Å². The fraction of sp³-hybridized carbons (Fsp3) is 0.255. The average molecular weight is 806 g/mol. The fourth-order valence-corrected chi connectivity index (χ4v) is 8.90. The van der Waals surface area contributed by atoms with E-state index in [-0.39, 0.29) is 40.9 Å². The molecule has 9 rings (SSSR count). The van der Waals surface area contributed by atoms with E-state index in [1.807, 2.05) is 53.5 Å². The van der Waals surface area contributed by atoms with Crippen LogP contribution in [0.2, 0.25) is 0 Å². The minimum Gasteiger partial charge on any atom is -0.457 e. The standard InChI is InChI=1S/C55H55N5O/c1-34(2)43-15-14-16-46(55(9,10)11)53(43)59-33-58(47-17-12-13-18-48(47)59)40-27-38(52-36(4)25-35(3)26-37(52)5)28-42(30-40)61-41-19-20-44-45-22-23-56-32-50(45)60(49(44)31-41)51-29-39(21-24-57-51)54(6,7)8/h12-32,34H,1-11H3/q+2/i12D,13D,17D,18D. The highest BCUT2D eigenvalue weighted by molar-refractivity contribution is 6.09. The molecule has 6 heteroatoms. The van der Waals surface area contributed by atoms with E-state index >= 15 is 0 Å². The van der Waals surface area contributed by atoms with E-state index in [0.29, 0.717) is 28.6 Å². The monoisotopic (exact) mass is 805 g/mol. The first kappa shape index (κ1) is 35.2. The van der Waals surface area contributed by atoms with Crippen LogP contribution in [0.5, 0.6) is 11.5 Å². The largest absolute Gasteiger partial charge is 0.503 e. The Morgan fingerprint density at radius 3 is 2.15 bits per heavy atom. The summed E-state index contributed by atoms with van der Waals surface area (Å²) in [5, 5.41) is 2.10. The third-order valence-electron chi connectivity index (χ3n) is 11.7. The van der Waals surface area contributed by atoms with Gasteiger partial charge in [0.1, 0.15) is 17.3 Å². The maximum atomic E-state index is 9.42. The summed E-state index contributed by atoms with van der Waals surface area (Å²) in [5.74, 6) is 2.07. The van der Waals surface area contributed by atoms with Gasteiger partial charge in [-0.3, -0.25) is 9.55 Å². The molecule has 8 aromatic rings. The van der Waals surface area contributed by atoms with Crippen molar-refractivity contribution >= 4 is 50.6 Å². The van der Waals surface area contributed by atoms with Crippen molar-refractivity contribution in [2.45, 2.75) is 92.9 Å². The zero-order chi connectivity index (χ0) is 46.4. The van der Waals surface area contributed by atoms with Crippen molar-refractivity contribution in [3.8, 4) is 28.4 Å². The molecule has 0 radical (unpaired) electrons. The molecule has 0 amide bonds. The van der Waals surface area contributed by atoms with Crippen LogP contribution in [0.25, 0.3) is 38.8 Å². The number of ether oxygens (including phenoxy) is 1. The Morgan fingerprint density at radius 2 is 1.44 bits per heavy atom. The van der Waals surface area contributed by atoms with Gasteiger partial charge in [-0.25, -0.2) is 4.98 Å². The highest BCUT2D eigenvalue weighted by atomic mass is 16.5. The quantitative estimate of drug-likeness (QED) is 0.151. The first-order valence-electron chi connectivity index (χ1n) is 23.1. The van der Waals surface area contributed by atoms with Crippen molar-refractivity contribution in [3.63, 3.8) is 0 Å². The SMILES string of the molecule is [2H]c1c([2H])c([2H])c2c(c1[2H])[N+](c1cc(Oc3ccc4c5ccncc5n(-c5cc(C(C)(C)C)ccn5)c4c3)cc(-c3c(C)cc(C)cc3C)c1)=C=[N+]2c1c(C(C)C)cccc1C(C)(C)C. The molecular weight excluding hydrogens is 747 g/mol. The number of fused-ring (bicyclic) bond motifs is 4. The molecule has 3 aromatic heterocycles. The molecule has 0 saturated heterocycles. The van der Waals surface area contributed by atoms with Crippen molar-refractivity contribution in [1.82, 2.24) is 23.7 Å². The lowest BCUT2D eigenvalue weighted by atomic mass is 9.82. The zero-order valence-corrected chi connectivity index (χ0v) is 37.0. The van der Waals surface area contributed by atoms with E-state index in [1.54, 1.807) is 4.58 Å². The number of aromatic nitrogens is 3. The first-order chi connectivity index (χ1) is 30.7. The molecule has 304 valence electrons. The van der Waals surface area contributed by atoms with Gasteiger partial charge in [-0.2, -0.15) is 0 Å². The smallest absolute Gasteiger partial charge is 0.457 e. The number of benzene rings is 5. The maximum absolute atomic E-state index is 9.42. The second-order valence-electron chi connectivity index (χ2n) is 18.8. The summed E-state index contributed by atoms with van der Waals surface area (Å²) in [6, 6.07) is 31.8. The van der Waals surface area contributed by atoms with Crippen LogP contribution in [0, 0.1) is 20.8 Å². The number of hydrogen-bond acceptors (Lipinski definition) is 3. The number of aryl methyl sites for hydroxylation is 3. The van der Waals surface area contributed by atoms with E-state index in [1.165, 1.54) is 5.56 Å². The lowest BCUT2D eigenvalue weighted by Gasteiger charge is -2.21. The van der Waals surface area contributed by atoms with Crippen LogP contribution in [-0.2, 0) is 10.8 Å². The van der Waals surface area contributed by atoms with E-state index in [0.717, 1.165) is 72.3 Å². The van der Waals surface area contributed by atoms with Crippen LogP contribution in [0.4, 0.5) is 22.7 Å². The fourth-order valence-electron chi connectivity index (χ4n) is 8.90. The Kier molecular flexibility index (Phi) is 8.55. The summed E-state index contributed by atoms with van der Waals surface area (Å²) in [6.45, 7) is 23.7. The molecular formula is C55H55N5O+2. The number of nitrogens with zero attached hydrogens (tertiary/aromatic N) is 5. The lowest BCUT2D eigenvalue weighted by Crippen LogP contribution is -2.17. The van der Waals surface area contributed by atoms with E-state index < -0.39 is 0 Å². The van der Waals surface area contributed by atoms with E-state index in [4.69, 9.17) is 12.5 Å². The number of para-hydroxylation sites is 3. The summed E-state index contributed by atoms with van der Waals surface area (Å²) in [7, 11) is 0. The Labute approximate surface area is 365 Å². The van der Waals surface area contributed by atoms with Crippen molar-refractivity contribution in [1.29, 1.82) is 0 Å². The normalized spacial score (nSPS) is 13.8. The van der Waals surface area contributed by atoms with Crippen LogP contribution in [-0.4, -0.2) is 20.5 Å². The molecule has 4 heterocycles. The predicted molar refractivity (Wildman–Crippen MR) is 255 cm³/mol. The molecule has 1 aliphatic heterocycles. The summed E-state index contributed by atoms with van der Waals surface area (Å²) >= 11 is 0. The minimum absolute atomic E-state index is 0.0804. The molecule has 0 spiro atoms. The highest BCUT2D eigenvalue weighted by Gasteiger charge is 2.41. The lowest BCUT2D eigenvalue weighted by molar-refractivity contribution is 0.483. The minimum atomic E-state index is -0.310. The van der Waals surface area contributed by atoms with Crippen LogP contribution in [0.1, 0.15) is 100 Å². The molecule has 6 nitrogen and oxygen atoms in total. The van der Waals surface area contributed by atoms with Gasteiger partial charge >= 0.3 is 6.01 Å². The van der Waals surface area contributed by atoms with Crippen LogP contribution in [0.15, 0.2) is 128 Å². The van der Waals surface area contributed by atoms with Gasteiger partial charge in [-0.05, 0) is 111 Å². The van der Waals surface area contributed by atoms with Crippen molar-refractivity contribution in [2.75, 3.05) is 0 Å². The van der Waals surface area contributed by atoms with Gasteiger partial charge in [0.15, 0.2) is 0 Å². The van der Waals surface area contributed by atoms with Crippen molar-refractivity contribution in [3.05, 3.63) is 161 Å². The van der Waals surface area contributed by atoms with Crippen molar-refractivity contribution in [2.24, 2.45) is 0 Å². The third-order valence-corrected chi connectivity index (χ3v) is 11.7. The molecule has 0 aliphatic carbocycles. The summed E-state index contributed by atoms with van der Waals surface area (Å²) in [4.78, 5) is 9.37. The van der Waals surface area contributed by atoms with Gasteiger partial charge in [0.2, 0.25) is 11.4 Å². The Hall–Kier alpha value is -6.62. The van der Waals surface area contributed by atoms with E-state index in [2.05, 4.69) is 146 Å². The Balaban J connectivity index is 1.31. The molecule has 0 bridgehead atoms. The second-order valence-corrected chi connectivity index (χ2v) is 18.8. The molecule has 0 fully saturated rings. The topological polar surface area (TPSA) is 46.0 Å². The molecule has 0 atom stereocenters. The van der Waals surface area contributed by atoms with Gasteiger partial charge in [-0.15, -0.1) is 0 Å². The molecule has 0 saturated carbocycles.